The van der Waals surface area contributed by atoms with Crippen molar-refractivity contribution in [2.24, 2.45) is 7.05 Å². The van der Waals surface area contributed by atoms with Crippen LogP contribution in [0, 0.1) is 6.92 Å². The monoisotopic (exact) mass is 461 g/mol. The van der Waals surface area contributed by atoms with Crippen molar-refractivity contribution in [3.05, 3.63) is 29.8 Å². The van der Waals surface area contributed by atoms with Crippen LogP contribution in [0.2, 0.25) is 0 Å². The quantitative estimate of drug-likeness (QED) is 0.253. The van der Waals surface area contributed by atoms with Gasteiger partial charge in [-0.1, -0.05) is 18.2 Å². The number of nitrogens with zero attached hydrogens (tertiary/aromatic N) is 2. The Morgan fingerprint density at radius 2 is 1.69 bits per heavy atom. The van der Waals surface area contributed by atoms with Crippen LogP contribution in [-0.4, -0.2) is 59.6 Å². The van der Waals surface area contributed by atoms with Crippen molar-refractivity contribution < 1.29 is 32.3 Å². The third kappa shape index (κ3) is 5.42. The molecule has 3 rings (SSSR count). The van der Waals surface area contributed by atoms with Crippen LogP contribution in [0.25, 0.3) is 21.0 Å². The molecule has 1 heterocycles. The highest BCUT2D eigenvalue weighted by atomic mass is 35.5. The molecule has 9 heteroatoms. The number of phenolic OH excluding ortho intramolecular Hbond substituents is 1. The van der Waals surface area contributed by atoms with Crippen LogP contribution in [0.1, 0.15) is 12.0 Å². The number of aliphatic hydroxyl groups is 2. The van der Waals surface area contributed by atoms with Crippen LogP contribution in [-0.2, 0) is 7.05 Å². The van der Waals surface area contributed by atoms with Gasteiger partial charge in [-0.05, 0) is 30.7 Å². The van der Waals surface area contributed by atoms with E-state index in [1.165, 1.54) is 0 Å². The minimum Gasteiger partial charge on any atom is -1.00 e. The van der Waals surface area contributed by atoms with Gasteiger partial charge in [0.1, 0.15) is 5.75 Å². The summed E-state index contributed by atoms with van der Waals surface area (Å²) in [5.74, 6) is 0.357. The Labute approximate surface area is 187 Å². The Hall–Kier alpha value is -1.35. The molecule has 0 bridgehead atoms. The first-order valence-electron chi connectivity index (χ1n) is 9.29. The average Bonchev–Trinajstić information content (AvgIpc) is 3.00. The maximum atomic E-state index is 10.6. The standard InChI is InChI=1S/C20H27N3O3S.2ClH/c1-14-18(26)16-7-4-3-6-15(16)17-19(14)27-20(22(17)2)21-8-5-9-23(10-12-24)11-13-25;;/h3-4,6-7,24-26H,5,8-13H2,1-2H3;2*1H. The number of aromatic hydroxyl groups is 1. The number of phenols is 1. The molecule has 6 nitrogen and oxygen atoms in total. The molecular weight excluding hydrogens is 433 g/mol. The molecule has 3 aromatic rings. The van der Waals surface area contributed by atoms with Gasteiger partial charge in [-0.25, -0.2) is 4.57 Å². The fourth-order valence-corrected chi connectivity index (χ4v) is 4.69. The van der Waals surface area contributed by atoms with E-state index in [0.717, 1.165) is 51.2 Å². The Kier molecular flexibility index (Phi) is 10.4. The summed E-state index contributed by atoms with van der Waals surface area (Å²) in [6.45, 7) is 4.97. The molecule has 0 saturated heterocycles. The largest absolute Gasteiger partial charge is 1.00 e. The van der Waals surface area contributed by atoms with E-state index < -0.39 is 0 Å². The number of nitrogens with one attached hydrogen (secondary N) is 1. The van der Waals surface area contributed by atoms with E-state index in [9.17, 15) is 5.11 Å². The Balaban J connectivity index is 0.00000210. The van der Waals surface area contributed by atoms with Crippen molar-refractivity contribution in [2.75, 3.05) is 44.7 Å². The fraction of sp³-hybridized carbons (Fsp3) is 0.450. The molecule has 29 heavy (non-hydrogen) atoms. The van der Waals surface area contributed by atoms with Crippen molar-refractivity contribution in [2.45, 2.75) is 13.3 Å². The lowest BCUT2D eigenvalue weighted by Gasteiger charge is -2.19. The van der Waals surface area contributed by atoms with E-state index in [1.54, 1.807) is 11.3 Å². The summed E-state index contributed by atoms with van der Waals surface area (Å²) < 4.78 is 3.26. The minimum absolute atomic E-state index is 0. The minimum atomic E-state index is 0. The molecule has 0 radical (unpaired) electrons. The number of rotatable bonds is 9. The molecule has 0 unspecified atom stereocenters. The number of hydrogen-bond donors (Lipinski definition) is 4. The molecule has 0 aliphatic carbocycles. The summed E-state index contributed by atoms with van der Waals surface area (Å²) in [6.07, 6.45) is 0.916. The fourth-order valence-electron chi connectivity index (χ4n) is 3.50. The lowest BCUT2D eigenvalue weighted by atomic mass is 10.0. The number of hydrogen-bond acceptors (Lipinski definition) is 6. The van der Waals surface area contributed by atoms with Crippen molar-refractivity contribution in [3.8, 4) is 5.75 Å². The van der Waals surface area contributed by atoms with Crippen LogP contribution < -0.4 is 22.3 Å². The second kappa shape index (κ2) is 11.7. The normalized spacial score (nSPS) is 10.9. The summed E-state index contributed by atoms with van der Waals surface area (Å²) in [4.78, 5) is 2.06. The van der Waals surface area contributed by atoms with E-state index in [4.69, 9.17) is 10.2 Å². The van der Waals surface area contributed by atoms with Crippen LogP contribution in [0.3, 0.4) is 0 Å². The maximum absolute atomic E-state index is 10.6. The summed E-state index contributed by atoms with van der Waals surface area (Å²) >= 11 is 1.66. The summed E-state index contributed by atoms with van der Waals surface area (Å²) in [5.41, 5.74) is 2.05. The van der Waals surface area contributed by atoms with Gasteiger partial charge in [-0.15, -0.1) is 12.4 Å². The first kappa shape index (κ1) is 25.7. The van der Waals surface area contributed by atoms with Gasteiger partial charge in [0.2, 0.25) is 0 Å². The number of thiazole rings is 1. The average molecular weight is 462 g/mol. The van der Waals surface area contributed by atoms with Gasteiger partial charge in [-0.3, -0.25) is 10.2 Å². The molecule has 0 spiro atoms. The topological polar surface area (TPSA) is 79.8 Å². The van der Waals surface area contributed by atoms with Gasteiger partial charge in [-0.2, -0.15) is 0 Å². The third-order valence-corrected chi connectivity index (χ3v) is 6.26. The summed E-state index contributed by atoms with van der Waals surface area (Å²) in [5, 5.41) is 35.2. The zero-order valence-corrected chi connectivity index (χ0v) is 19.1. The molecule has 0 saturated carbocycles. The first-order valence-corrected chi connectivity index (χ1v) is 10.1. The molecule has 0 amide bonds. The van der Waals surface area contributed by atoms with Gasteiger partial charge >= 0.3 is 5.13 Å². The van der Waals surface area contributed by atoms with Crippen LogP contribution in [0.15, 0.2) is 24.3 Å². The van der Waals surface area contributed by atoms with E-state index in [1.807, 2.05) is 32.2 Å². The number of anilines is 1. The van der Waals surface area contributed by atoms with Crippen molar-refractivity contribution >= 4 is 49.9 Å². The third-order valence-electron chi connectivity index (χ3n) is 4.95. The highest BCUT2D eigenvalue weighted by Crippen LogP contribution is 2.39. The Bertz CT molecular complexity index is 930. The molecule has 0 aliphatic heterocycles. The number of benzene rings is 2. The predicted molar refractivity (Wildman–Crippen MR) is 118 cm³/mol. The van der Waals surface area contributed by atoms with Crippen molar-refractivity contribution in [1.82, 2.24) is 4.90 Å². The van der Waals surface area contributed by atoms with Gasteiger partial charge < -0.3 is 27.7 Å². The van der Waals surface area contributed by atoms with Gasteiger partial charge in [0.25, 0.3) is 0 Å². The smallest absolute Gasteiger partial charge is 0.334 e. The number of halogens is 2. The first-order chi connectivity index (χ1) is 13.1. The molecule has 0 atom stereocenters. The van der Waals surface area contributed by atoms with Crippen LogP contribution >= 0.6 is 23.7 Å². The lowest BCUT2D eigenvalue weighted by molar-refractivity contribution is -0.625. The van der Waals surface area contributed by atoms with Crippen molar-refractivity contribution in [3.63, 3.8) is 0 Å². The van der Waals surface area contributed by atoms with E-state index in [2.05, 4.69) is 20.9 Å². The van der Waals surface area contributed by atoms with Gasteiger partial charge in [0.05, 0.1) is 31.5 Å². The van der Waals surface area contributed by atoms with Gasteiger partial charge in [0.15, 0.2) is 5.52 Å². The van der Waals surface area contributed by atoms with Crippen LogP contribution in [0.5, 0.6) is 5.75 Å². The van der Waals surface area contributed by atoms with Crippen molar-refractivity contribution in [1.29, 1.82) is 0 Å². The molecule has 4 N–H and O–H groups in total. The second-order valence-corrected chi connectivity index (χ2v) is 7.73. The lowest BCUT2D eigenvalue weighted by Crippen LogP contribution is -3.00. The predicted octanol–water partition coefficient (Wildman–Crippen LogP) is -0.593. The molecule has 0 aliphatic rings. The molecule has 0 fully saturated rings. The van der Waals surface area contributed by atoms with E-state index in [0.29, 0.717) is 18.8 Å². The molecule has 2 aromatic carbocycles. The zero-order valence-electron chi connectivity index (χ0n) is 16.7. The number of aryl methyl sites for hydroxylation is 2. The Morgan fingerprint density at radius 1 is 1.07 bits per heavy atom. The Morgan fingerprint density at radius 3 is 2.31 bits per heavy atom. The summed E-state index contributed by atoms with van der Waals surface area (Å²) in [7, 11) is 2.05. The van der Waals surface area contributed by atoms with E-state index >= 15 is 0 Å². The molecule has 162 valence electrons. The maximum Gasteiger partial charge on any atom is 0.334 e. The molecule has 1 aromatic heterocycles. The zero-order chi connectivity index (χ0) is 19.4. The number of aromatic nitrogens is 1. The number of fused-ring (bicyclic) bond motifs is 3. The second-order valence-electron chi connectivity index (χ2n) is 6.73. The van der Waals surface area contributed by atoms with Crippen LogP contribution in [0.4, 0.5) is 5.13 Å². The SMILES string of the molecule is Cc1c(O)c2ccccc2c2c1sc(NCCCN(CCO)CCO)[n+]2C.Cl.[Cl-]. The highest BCUT2D eigenvalue weighted by Gasteiger charge is 2.21. The van der Waals surface area contributed by atoms with E-state index in [-0.39, 0.29) is 38.0 Å². The number of aliphatic hydroxyl groups excluding tert-OH is 2. The highest BCUT2D eigenvalue weighted by molar-refractivity contribution is 7.22. The summed E-state index contributed by atoms with van der Waals surface area (Å²) in [6, 6.07) is 7.95. The van der Waals surface area contributed by atoms with Gasteiger partial charge in [0, 0.05) is 36.0 Å². The molecular formula is C20H29Cl2N3O3S.